The summed E-state index contributed by atoms with van der Waals surface area (Å²) < 4.78 is 13.1. The van der Waals surface area contributed by atoms with Crippen LogP contribution in [0.5, 0.6) is 11.5 Å². The normalized spacial score (nSPS) is 17.7. The highest BCUT2D eigenvalue weighted by Crippen LogP contribution is 2.33. The van der Waals surface area contributed by atoms with Gasteiger partial charge in [-0.1, -0.05) is 43.3 Å². The second-order valence-corrected chi connectivity index (χ2v) is 10.3. The van der Waals surface area contributed by atoms with Crippen LogP contribution in [0.2, 0.25) is 0 Å². The van der Waals surface area contributed by atoms with Gasteiger partial charge in [0, 0.05) is 55.9 Å². The van der Waals surface area contributed by atoms with Crippen LogP contribution in [0.1, 0.15) is 36.5 Å². The molecule has 2 aromatic heterocycles. The Morgan fingerprint density at radius 3 is 2.46 bits per heavy atom. The van der Waals surface area contributed by atoms with Gasteiger partial charge in [-0.25, -0.2) is 0 Å². The van der Waals surface area contributed by atoms with Gasteiger partial charge in [0.15, 0.2) is 0 Å². The van der Waals surface area contributed by atoms with E-state index < -0.39 is 0 Å². The summed E-state index contributed by atoms with van der Waals surface area (Å²) in [5.41, 5.74) is 2.93. The minimum Gasteiger partial charge on any atom is -0.495 e. The molecule has 0 radical (unpaired) electrons. The van der Waals surface area contributed by atoms with E-state index in [-0.39, 0.29) is 5.91 Å². The minimum absolute atomic E-state index is 0.149. The maximum atomic E-state index is 13.4. The minimum atomic E-state index is 0.149. The SMILES string of the molecule is CCN1CCN(C(=O)c2cn(CC3CC=CCC3)c3c(OC)cccc23)CC1.COc1cccc2cc[nH]c12. The number of allylic oxidation sites excluding steroid dienone is 2. The molecule has 2 aliphatic rings. The number of ether oxygens (including phenoxy) is 2. The molecule has 0 bridgehead atoms. The molecule has 0 saturated carbocycles. The Morgan fingerprint density at radius 2 is 1.74 bits per heavy atom. The van der Waals surface area contributed by atoms with Crippen molar-refractivity contribution in [2.75, 3.05) is 46.9 Å². The molecule has 6 rings (SSSR count). The maximum Gasteiger partial charge on any atom is 0.256 e. The Labute approximate surface area is 231 Å². The predicted octanol–water partition coefficient (Wildman–Crippen LogP) is 5.96. The number of para-hydroxylation sites is 2. The Bertz CT molecular complexity index is 1430. The molecule has 0 spiro atoms. The summed E-state index contributed by atoms with van der Waals surface area (Å²) in [6.45, 7) is 7.68. The molecule has 7 heteroatoms. The third-order valence-corrected chi connectivity index (χ3v) is 8.02. The Balaban J connectivity index is 0.000000233. The van der Waals surface area contributed by atoms with Gasteiger partial charge in [0.1, 0.15) is 11.5 Å². The average Bonchev–Trinajstić information content (AvgIpc) is 3.63. The van der Waals surface area contributed by atoms with Gasteiger partial charge < -0.3 is 28.8 Å². The number of aromatic amines is 1. The Hall–Kier alpha value is -3.71. The van der Waals surface area contributed by atoms with Crippen molar-refractivity contribution in [1.82, 2.24) is 19.4 Å². The highest BCUT2D eigenvalue weighted by Gasteiger charge is 2.26. The highest BCUT2D eigenvalue weighted by molar-refractivity contribution is 6.08. The molecule has 1 aliphatic heterocycles. The summed E-state index contributed by atoms with van der Waals surface area (Å²) in [5.74, 6) is 2.50. The quantitative estimate of drug-likeness (QED) is 0.314. The smallest absolute Gasteiger partial charge is 0.256 e. The summed E-state index contributed by atoms with van der Waals surface area (Å²) in [6.07, 6.45) is 12.0. The maximum absolute atomic E-state index is 13.4. The lowest BCUT2D eigenvalue weighted by Crippen LogP contribution is -2.48. The largest absolute Gasteiger partial charge is 0.495 e. The van der Waals surface area contributed by atoms with E-state index in [4.69, 9.17) is 9.47 Å². The number of likely N-dealkylation sites (N-methyl/N-ethyl adjacent to an activating group) is 1. The number of aromatic nitrogens is 2. The number of carbonyl (C=O) groups is 1. The third kappa shape index (κ3) is 5.83. The molecule has 7 nitrogen and oxygen atoms in total. The summed E-state index contributed by atoms with van der Waals surface area (Å²) in [5, 5.41) is 2.19. The van der Waals surface area contributed by atoms with E-state index in [9.17, 15) is 4.79 Å². The van der Waals surface area contributed by atoms with Crippen molar-refractivity contribution in [3.05, 3.63) is 72.6 Å². The van der Waals surface area contributed by atoms with Gasteiger partial charge in [-0.15, -0.1) is 0 Å². The molecule has 1 unspecified atom stereocenters. The summed E-state index contributed by atoms with van der Waals surface area (Å²) >= 11 is 0. The number of hydrogen-bond acceptors (Lipinski definition) is 4. The molecule has 1 amide bonds. The molecule has 3 heterocycles. The van der Waals surface area contributed by atoms with Gasteiger partial charge in [0.05, 0.1) is 30.8 Å². The number of amides is 1. The van der Waals surface area contributed by atoms with Crippen molar-refractivity contribution in [2.24, 2.45) is 5.92 Å². The van der Waals surface area contributed by atoms with Gasteiger partial charge in [0.2, 0.25) is 0 Å². The molecule has 2 aromatic carbocycles. The van der Waals surface area contributed by atoms with Crippen LogP contribution < -0.4 is 9.47 Å². The predicted molar refractivity (Wildman–Crippen MR) is 158 cm³/mol. The molecular weight excluding hydrogens is 488 g/mol. The number of rotatable bonds is 6. The van der Waals surface area contributed by atoms with Crippen molar-refractivity contribution < 1.29 is 14.3 Å². The number of fused-ring (bicyclic) bond motifs is 2. The lowest BCUT2D eigenvalue weighted by molar-refractivity contribution is 0.0645. The fourth-order valence-electron chi connectivity index (χ4n) is 5.77. The number of benzene rings is 2. The van der Waals surface area contributed by atoms with Crippen LogP contribution in [-0.2, 0) is 6.54 Å². The number of nitrogens with zero attached hydrogens (tertiary/aromatic N) is 3. The van der Waals surface area contributed by atoms with E-state index in [0.717, 1.165) is 85.6 Å². The fourth-order valence-corrected chi connectivity index (χ4v) is 5.77. The number of piperazine rings is 1. The van der Waals surface area contributed by atoms with E-state index in [1.54, 1.807) is 14.2 Å². The first kappa shape index (κ1) is 26.9. The zero-order valence-electron chi connectivity index (χ0n) is 23.4. The van der Waals surface area contributed by atoms with Crippen molar-refractivity contribution in [2.45, 2.75) is 32.7 Å². The van der Waals surface area contributed by atoms with Gasteiger partial charge in [-0.2, -0.15) is 0 Å². The molecule has 1 N–H and O–H groups in total. The molecular formula is C32H40N4O3. The molecule has 206 valence electrons. The first-order valence-electron chi connectivity index (χ1n) is 14.1. The van der Waals surface area contributed by atoms with Crippen molar-refractivity contribution in [3.63, 3.8) is 0 Å². The van der Waals surface area contributed by atoms with E-state index in [1.807, 2.05) is 47.5 Å². The number of hydrogen-bond donors (Lipinski definition) is 1. The van der Waals surface area contributed by atoms with Crippen LogP contribution in [0.15, 0.2) is 67.0 Å². The number of H-pyrrole nitrogens is 1. The molecule has 1 saturated heterocycles. The van der Waals surface area contributed by atoms with E-state index in [2.05, 4.69) is 45.8 Å². The molecule has 1 fully saturated rings. The van der Waals surface area contributed by atoms with Crippen LogP contribution >= 0.6 is 0 Å². The van der Waals surface area contributed by atoms with Crippen molar-refractivity contribution in [3.8, 4) is 11.5 Å². The van der Waals surface area contributed by atoms with Crippen LogP contribution in [0, 0.1) is 5.92 Å². The van der Waals surface area contributed by atoms with Crippen molar-refractivity contribution >= 4 is 27.7 Å². The van der Waals surface area contributed by atoms with Crippen LogP contribution in [0.25, 0.3) is 21.8 Å². The Kier molecular flexibility index (Phi) is 8.57. The highest BCUT2D eigenvalue weighted by atomic mass is 16.5. The zero-order chi connectivity index (χ0) is 27.2. The van der Waals surface area contributed by atoms with Crippen LogP contribution in [0.4, 0.5) is 0 Å². The first-order chi connectivity index (χ1) is 19.1. The Morgan fingerprint density at radius 1 is 0.974 bits per heavy atom. The summed E-state index contributed by atoms with van der Waals surface area (Å²) in [6, 6.07) is 14.0. The zero-order valence-corrected chi connectivity index (χ0v) is 23.4. The van der Waals surface area contributed by atoms with E-state index >= 15 is 0 Å². The number of methoxy groups -OCH3 is 2. The molecule has 39 heavy (non-hydrogen) atoms. The van der Waals surface area contributed by atoms with E-state index in [0.29, 0.717) is 5.92 Å². The second-order valence-electron chi connectivity index (χ2n) is 10.3. The van der Waals surface area contributed by atoms with Gasteiger partial charge in [-0.05, 0) is 49.9 Å². The van der Waals surface area contributed by atoms with E-state index in [1.165, 1.54) is 11.8 Å². The summed E-state index contributed by atoms with van der Waals surface area (Å²) in [4.78, 5) is 20.9. The second kappa shape index (κ2) is 12.4. The van der Waals surface area contributed by atoms with Gasteiger partial charge >= 0.3 is 0 Å². The van der Waals surface area contributed by atoms with Crippen molar-refractivity contribution in [1.29, 1.82) is 0 Å². The number of nitrogens with one attached hydrogen (secondary N) is 1. The standard InChI is InChI=1S/C23H31N3O2.C9H9NO/c1-3-24-12-14-25(15-13-24)23(27)20-17-26(16-18-8-5-4-6-9-18)22-19(20)10-7-11-21(22)28-2;1-11-8-4-2-3-7-5-6-10-9(7)8/h4-5,7,10-11,17-18H,3,6,8-9,12-16H2,1-2H3;2-6,10H,1H3. The fraction of sp³-hybridized carbons (Fsp3) is 0.406. The number of carbonyl (C=O) groups excluding carboxylic acids is 1. The molecule has 1 atom stereocenters. The molecule has 1 aliphatic carbocycles. The topological polar surface area (TPSA) is 62.7 Å². The van der Waals surface area contributed by atoms with Gasteiger partial charge in [-0.3, -0.25) is 4.79 Å². The summed E-state index contributed by atoms with van der Waals surface area (Å²) in [7, 11) is 3.39. The first-order valence-corrected chi connectivity index (χ1v) is 14.1. The third-order valence-electron chi connectivity index (χ3n) is 8.02. The lowest BCUT2D eigenvalue weighted by Gasteiger charge is -2.34. The van der Waals surface area contributed by atoms with Gasteiger partial charge in [0.25, 0.3) is 5.91 Å². The monoisotopic (exact) mass is 528 g/mol. The lowest BCUT2D eigenvalue weighted by atomic mass is 9.94. The van der Waals surface area contributed by atoms with Crippen LogP contribution in [0.3, 0.4) is 0 Å². The van der Waals surface area contributed by atoms with Crippen LogP contribution in [-0.4, -0.2) is 72.2 Å². The molecule has 4 aromatic rings. The average molecular weight is 529 g/mol.